The molecule has 0 atom stereocenters. The van der Waals surface area contributed by atoms with Crippen molar-refractivity contribution in [2.24, 2.45) is 5.92 Å². The Hall–Kier alpha value is -1.82. The van der Waals surface area contributed by atoms with E-state index in [1.807, 2.05) is 0 Å². The minimum Gasteiger partial charge on any atom is -0.480 e. The van der Waals surface area contributed by atoms with E-state index in [4.69, 9.17) is 21.4 Å². The fourth-order valence-electron chi connectivity index (χ4n) is 1.40. The molecule has 0 aromatic carbocycles. The van der Waals surface area contributed by atoms with Crippen molar-refractivity contribution in [2.75, 3.05) is 13.2 Å². The molecular weight excluding hydrogens is 272 g/mol. The second-order valence-corrected chi connectivity index (χ2v) is 4.75. The number of rotatable bonds is 6. The number of pyridine rings is 1. The van der Waals surface area contributed by atoms with Gasteiger partial charge in [0, 0.05) is 6.20 Å². The minimum atomic E-state index is -1.11. The summed E-state index contributed by atoms with van der Waals surface area (Å²) in [5.41, 5.74) is 0.199. The Morgan fingerprint density at radius 3 is 2.84 bits per heavy atom. The summed E-state index contributed by atoms with van der Waals surface area (Å²) in [5, 5.41) is 10.9. The molecule has 1 aromatic rings. The topological polar surface area (TPSA) is 88.5 Å². The third-order valence-corrected chi connectivity index (χ3v) is 2.89. The van der Waals surface area contributed by atoms with E-state index in [1.54, 1.807) is 0 Å². The fourth-order valence-corrected chi connectivity index (χ4v) is 1.62. The number of amides is 1. The van der Waals surface area contributed by atoms with Gasteiger partial charge in [0.05, 0.1) is 12.2 Å². The molecule has 7 heteroatoms. The Bertz CT molecular complexity index is 503. The van der Waals surface area contributed by atoms with E-state index in [1.165, 1.54) is 12.3 Å². The summed E-state index contributed by atoms with van der Waals surface area (Å²) < 4.78 is 5.42. The van der Waals surface area contributed by atoms with E-state index < -0.39 is 18.4 Å². The maximum atomic E-state index is 11.6. The summed E-state index contributed by atoms with van der Waals surface area (Å²) in [6, 6.07) is 1.41. The number of carbonyl (C=O) groups excluding carboxylic acids is 1. The molecule has 0 unspecified atom stereocenters. The quantitative estimate of drug-likeness (QED) is 0.823. The Morgan fingerprint density at radius 1 is 1.53 bits per heavy atom. The summed E-state index contributed by atoms with van der Waals surface area (Å²) in [6.45, 7) is 0.133. The molecule has 1 amide bonds. The molecule has 102 valence electrons. The van der Waals surface area contributed by atoms with Crippen LogP contribution in [0.15, 0.2) is 12.3 Å². The lowest BCUT2D eigenvalue weighted by molar-refractivity contribution is -0.135. The SMILES string of the molecule is O=C(O)CNC(=O)c1cnc(OCC2CC2)c(Cl)c1. The van der Waals surface area contributed by atoms with Crippen LogP contribution in [0.1, 0.15) is 23.2 Å². The summed E-state index contributed by atoms with van der Waals surface area (Å²) in [6.07, 6.45) is 3.63. The molecule has 0 bridgehead atoms. The van der Waals surface area contributed by atoms with Crippen molar-refractivity contribution in [3.63, 3.8) is 0 Å². The van der Waals surface area contributed by atoms with Crippen LogP contribution >= 0.6 is 11.6 Å². The molecule has 0 spiro atoms. The van der Waals surface area contributed by atoms with E-state index in [0.29, 0.717) is 18.4 Å². The lowest BCUT2D eigenvalue weighted by Gasteiger charge is -2.07. The molecule has 0 saturated heterocycles. The van der Waals surface area contributed by atoms with Crippen molar-refractivity contribution < 1.29 is 19.4 Å². The van der Waals surface area contributed by atoms with Gasteiger partial charge in [-0.1, -0.05) is 11.6 Å². The van der Waals surface area contributed by atoms with Gasteiger partial charge in [-0.15, -0.1) is 0 Å². The fraction of sp³-hybridized carbons (Fsp3) is 0.417. The van der Waals surface area contributed by atoms with Crippen molar-refractivity contribution in [1.29, 1.82) is 0 Å². The molecule has 0 radical (unpaired) electrons. The molecule has 0 aliphatic heterocycles. The average molecular weight is 285 g/mol. The zero-order valence-corrected chi connectivity index (χ0v) is 10.8. The van der Waals surface area contributed by atoms with Crippen LogP contribution in [0.4, 0.5) is 0 Å². The van der Waals surface area contributed by atoms with Crippen LogP contribution in [0.3, 0.4) is 0 Å². The van der Waals surface area contributed by atoms with E-state index >= 15 is 0 Å². The minimum absolute atomic E-state index is 0.199. The largest absolute Gasteiger partial charge is 0.480 e. The number of hydrogen-bond donors (Lipinski definition) is 2. The van der Waals surface area contributed by atoms with Crippen LogP contribution in [0.5, 0.6) is 5.88 Å². The zero-order chi connectivity index (χ0) is 13.8. The van der Waals surface area contributed by atoms with Gasteiger partial charge in [0.15, 0.2) is 0 Å². The third-order valence-electron chi connectivity index (χ3n) is 2.62. The molecule has 6 nitrogen and oxygen atoms in total. The normalized spacial score (nSPS) is 13.9. The summed E-state index contributed by atoms with van der Waals surface area (Å²) in [7, 11) is 0. The van der Waals surface area contributed by atoms with Crippen LogP contribution in [0.25, 0.3) is 0 Å². The molecule has 1 aliphatic carbocycles. The van der Waals surface area contributed by atoms with Crippen LogP contribution in [0.2, 0.25) is 5.02 Å². The maximum absolute atomic E-state index is 11.6. The molecule has 19 heavy (non-hydrogen) atoms. The van der Waals surface area contributed by atoms with Crippen LogP contribution < -0.4 is 10.1 Å². The summed E-state index contributed by atoms with van der Waals surface area (Å²) in [5.74, 6) is -0.776. The first-order valence-corrected chi connectivity index (χ1v) is 6.22. The summed E-state index contributed by atoms with van der Waals surface area (Å²) in [4.78, 5) is 25.9. The number of aromatic nitrogens is 1. The number of hydrogen-bond acceptors (Lipinski definition) is 4. The molecule has 2 rings (SSSR count). The first kappa shape index (κ1) is 13.6. The van der Waals surface area contributed by atoms with E-state index in [0.717, 1.165) is 12.8 Å². The zero-order valence-electron chi connectivity index (χ0n) is 10.1. The van der Waals surface area contributed by atoms with Gasteiger partial charge in [0.1, 0.15) is 11.6 Å². The number of ether oxygens (including phenoxy) is 1. The Kier molecular flexibility index (Phi) is 4.21. The second-order valence-electron chi connectivity index (χ2n) is 4.34. The van der Waals surface area contributed by atoms with Gasteiger partial charge in [-0.05, 0) is 24.8 Å². The number of halogens is 1. The predicted molar refractivity (Wildman–Crippen MR) is 67.4 cm³/mol. The van der Waals surface area contributed by atoms with E-state index in [-0.39, 0.29) is 10.6 Å². The monoisotopic (exact) mass is 284 g/mol. The summed E-state index contributed by atoms with van der Waals surface area (Å²) >= 11 is 5.96. The van der Waals surface area contributed by atoms with Crippen molar-refractivity contribution in [3.8, 4) is 5.88 Å². The third kappa shape index (κ3) is 4.10. The standard InChI is InChI=1S/C12H13ClN2O4/c13-9-3-8(11(18)14-5-10(16)17)4-15-12(9)19-6-7-1-2-7/h3-4,7H,1-2,5-6H2,(H,14,18)(H,16,17). The number of aliphatic carboxylic acids is 1. The molecule has 2 N–H and O–H groups in total. The number of nitrogens with one attached hydrogen (secondary N) is 1. The maximum Gasteiger partial charge on any atom is 0.322 e. The van der Waals surface area contributed by atoms with Gasteiger partial charge in [-0.2, -0.15) is 0 Å². The van der Waals surface area contributed by atoms with Crippen LogP contribution in [-0.2, 0) is 4.79 Å². The highest BCUT2D eigenvalue weighted by atomic mass is 35.5. The van der Waals surface area contributed by atoms with Crippen LogP contribution in [0, 0.1) is 5.92 Å². The van der Waals surface area contributed by atoms with Gasteiger partial charge < -0.3 is 15.2 Å². The Morgan fingerprint density at radius 2 is 2.26 bits per heavy atom. The first-order chi connectivity index (χ1) is 9.06. The molecule has 1 heterocycles. The van der Waals surface area contributed by atoms with Crippen molar-refractivity contribution in [2.45, 2.75) is 12.8 Å². The lowest BCUT2D eigenvalue weighted by Crippen LogP contribution is -2.29. The first-order valence-electron chi connectivity index (χ1n) is 5.84. The predicted octanol–water partition coefficient (Wildman–Crippen LogP) is 1.34. The second kappa shape index (κ2) is 5.88. The highest BCUT2D eigenvalue weighted by molar-refractivity contribution is 6.32. The van der Waals surface area contributed by atoms with Gasteiger partial charge in [-0.25, -0.2) is 4.98 Å². The Balaban J connectivity index is 1.96. The Labute approximate surface area is 114 Å². The highest BCUT2D eigenvalue weighted by Crippen LogP contribution is 2.30. The number of carboxylic acid groups (broad SMARTS) is 1. The molecule has 1 fully saturated rings. The molecule has 1 aliphatic rings. The number of nitrogens with zero attached hydrogens (tertiary/aromatic N) is 1. The number of carboxylic acids is 1. The van der Waals surface area contributed by atoms with E-state index in [2.05, 4.69) is 10.3 Å². The molecule has 1 saturated carbocycles. The molecular formula is C12H13ClN2O4. The van der Waals surface area contributed by atoms with Gasteiger partial charge in [0.25, 0.3) is 5.91 Å². The van der Waals surface area contributed by atoms with Gasteiger partial charge in [0.2, 0.25) is 5.88 Å². The van der Waals surface area contributed by atoms with Crippen molar-refractivity contribution >= 4 is 23.5 Å². The van der Waals surface area contributed by atoms with Crippen molar-refractivity contribution in [1.82, 2.24) is 10.3 Å². The number of carbonyl (C=O) groups is 2. The van der Waals surface area contributed by atoms with E-state index in [9.17, 15) is 9.59 Å². The smallest absolute Gasteiger partial charge is 0.322 e. The average Bonchev–Trinajstić information content (AvgIpc) is 3.18. The van der Waals surface area contributed by atoms with Gasteiger partial charge >= 0.3 is 5.97 Å². The lowest BCUT2D eigenvalue weighted by atomic mass is 10.2. The molecule has 1 aromatic heterocycles. The van der Waals surface area contributed by atoms with Crippen molar-refractivity contribution in [3.05, 3.63) is 22.8 Å². The highest BCUT2D eigenvalue weighted by Gasteiger charge is 2.22. The van der Waals surface area contributed by atoms with Crippen LogP contribution in [-0.4, -0.2) is 35.1 Å². The van der Waals surface area contributed by atoms with Gasteiger partial charge in [-0.3, -0.25) is 9.59 Å².